The fraction of sp³-hybridized carbons (Fsp3) is 0.375. The van der Waals surface area contributed by atoms with Crippen LogP contribution in [0.4, 0.5) is 0 Å². The first kappa shape index (κ1) is 13.8. The lowest BCUT2D eigenvalue weighted by atomic mass is 9.97. The lowest BCUT2D eigenvalue weighted by molar-refractivity contribution is 0.0969. The molecule has 2 aromatic rings. The van der Waals surface area contributed by atoms with E-state index < -0.39 is 5.91 Å². The molecule has 110 valence electrons. The molecule has 0 radical (unpaired) electrons. The second-order valence-electron chi connectivity index (χ2n) is 5.51. The molecule has 1 amide bonds. The number of piperidine rings is 1. The number of para-hydroxylation sites is 1. The van der Waals surface area contributed by atoms with Crippen molar-refractivity contribution in [3.05, 3.63) is 36.0 Å². The quantitative estimate of drug-likeness (QED) is 0.900. The number of aromatic nitrogens is 1. The van der Waals surface area contributed by atoms with E-state index in [1.807, 2.05) is 24.3 Å². The van der Waals surface area contributed by atoms with Gasteiger partial charge in [0, 0.05) is 18.1 Å². The van der Waals surface area contributed by atoms with Gasteiger partial charge < -0.3 is 15.8 Å². The number of rotatable bonds is 3. The first-order valence-corrected chi connectivity index (χ1v) is 7.21. The minimum Gasteiger partial charge on any atom is -0.487 e. The van der Waals surface area contributed by atoms with Gasteiger partial charge in [0.2, 0.25) is 0 Å². The van der Waals surface area contributed by atoms with Crippen molar-refractivity contribution in [2.45, 2.75) is 19.4 Å². The van der Waals surface area contributed by atoms with Crippen molar-refractivity contribution in [1.29, 1.82) is 0 Å². The summed E-state index contributed by atoms with van der Waals surface area (Å²) in [5.74, 6) is 0.465. The zero-order valence-corrected chi connectivity index (χ0v) is 12.0. The SMILES string of the molecule is CC1CCNCC1Oc1c(C(N)=O)cnc2ccccc12. The third-order valence-corrected chi connectivity index (χ3v) is 4.02. The Balaban J connectivity index is 2.05. The van der Waals surface area contributed by atoms with Crippen molar-refractivity contribution >= 4 is 16.8 Å². The number of fused-ring (bicyclic) bond motifs is 1. The van der Waals surface area contributed by atoms with Gasteiger partial charge in [-0.15, -0.1) is 0 Å². The molecule has 0 saturated carbocycles. The zero-order chi connectivity index (χ0) is 14.8. The van der Waals surface area contributed by atoms with Crippen LogP contribution in [0, 0.1) is 5.92 Å². The van der Waals surface area contributed by atoms with Gasteiger partial charge in [-0.25, -0.2) is 0 Å². The van der Waals surface area contributed by atoms with Crippen LogP contribution in [0.15, 0.2) is 30.5 Å². The number of carbonyl (C=O) groups is 1. The topological polar surface area (TPSA) is 77.2 Å². The number of pyridine rings is 1. The molecule has 1 saturated heterocycles. The number of benzene rings is 1. The van der Waals surface area contributed by atoms with Crippen LogP contribution in [-0.4, -0.2) is 30.1 Å². The maximum atomic E-state index is 11.7. The summed E-state index contributed by atoms with van der Waals surface area (Å²) in [5.41, 5.74) is 6.61. The molecule has 2 unspecified atom stereocenters. The molecular weight excluding hydrogens is 266 g/mol. The number of hydrogen-bond donors (Lipinski definition) is 2. The summed E-state index contributed by atoms with van der Waals surface area (Å²) >= 11 is 0. The van der Waals surface area contributed by atoms with E-state index >= 15 is 0 Å². The fourth-order valence-electron chi connectivity index (χ4n) is 2.69. The highest BCUT2D eigenvalue weighted by atomic mass is 16.5. The highest BCUT2D eigenvalue weighted by Gasteiger charge is 2.25. The van der Waals surface area contributed by atoms with E-state index in [1.54, 1.807) is 0 Å². The van der Waals surface area contributed by atoms with Crippen LogP contribution in [0.1, 0.15) is 23.7 Å². The number of nitrogens with zero attached hydrogens (tertiary/aromatic N) is 1. The first-order valence-electron chi connectivity index (χ1n) is 7.21. The molecule has 1 fully saturated rings. The largest absolute Gasteiger partial charge is 0.487 e. The number of nitrogens with two attached hydrogens (primary N) is 1. The number of hydrogen-bond acceptors (Lipinski definition) is 4. The van der Waals surface area contributed by atoms with Gasteiger partial charge in [-0.2, -0.15) is 0 Å². The standard InChI is InChI=1S/C16H19N3O2/c1-10-6-7-18-9-14(10)21-15-11-4-2-3-5-13(11)19-8-12(15)16(17)20/h2-5,8,10,14,18H,6-7,9H2,1H3,(H2,17,20). The average molecular weight is 285 g/mol. The van der Waals surface area contributed by atoms with Gasteiger partial charge in [-0.3, -0.25) is 9.78 Å². The van der Waals surface area contributed by atoms with Gasteiger partial charge in [0.05, 0.1) is 5.52 Å². The van der Waals surface area contributed by atoms with E-state index in [2.05, 4.69) is 17.2 Å². The summed E-state index contributed by atoms with van der Waals surface area (Å²) in [7, 11) is 0. The normalized spacial score (nSPS) is 22.1. The van der Waals surface area contributed by atoms with Crippen molar-refractivity contribution in [3.63, 3.8) is 0 Å². The van der Waals surface area contributed by atoms with E-state index in [-0.39, 0.29) is 6.10 Å². The van der Waals surface area contributed by atoms with Crippen LogP contribution in [-0.2, 0) is 0 Å². The lowest BCUT2D eigenvalue weighted by Gasteiger charge is -2.30. The van der Waals surface area contributed by atoms with Crippen LogP contribution in [0.5, 0.6) is 5.75 Å². The molecule has 5 nitrogen and oxygen atoms in total. The Hall–Kier alpha value is -2.14. The Morgan fingerprint density at radius 1 is 1.43 bits per heavy atom. The summed E-state index contributed by atoms with van der Waals surface area (Å²) in [4.78, 5) is 16.0. The predicted molar refractivity (Wildman–Crippen MR) is 81.3 cm³/mol. The molecule has 0 bridgehead atoms. The molecular formula is C16H19N3O2. The molecule has 2 heterocycles. The lowest BCUT2D eigenvalue weighted by Crippen LogP contribution is -2.43. The Labute approximate surface area is 123 Å². The summed E-state index contributed by atoms with van der Waals surface area (Å²) < 4.78 is 6.17. The molecule has 1 aromatic heterocycles. The van der Waals surface area contributed by atoms with Gasteiger partial charge in [0.25, 0.3) is 5.91 Å². The van der Waals surface area contributed by atoms with E-state index in [9.17, 15) is 4.79 Å². The average Bonchev–Trinajstić information content (AvgIpc) is 2.49. The van der Waals surface area contributed by atoms with Gasteiger partial charge >= 0.3 is 0 Å². The minimum absolute atomic E-state index is 0.0302. The van der Waals surface area contributed by atoms with Gasteiger partial charge in [-0.05, 0) is 31.0 Å². The molecule has 5 heteroatoms. The van der Waals surface area contributed by atoms with Crippen LogP contribution in [0.2, 0.25) is 0 Å². The molecule has 1 aliphatic rings. The number of primary amides is 1. The highest BCUT2D eigenvalue weighted by Crippen LogP contribution is 2.30. The Bertz CT molecular complexity index is 672. The van der Waals surface area contributed by atoms with E-state index in [0.717, 1.165) is 30.4 Å². The smallest absolute Gasteiger partial charge is 0.254 e. The van der Waals surface area contributed by atoms with Crippen molar-refractivity contribution in [2.75, 3.05) is 13.1 Å². The third kappa shape index (κ3) is 2.69. The molecule has 3 N–H and O–H groups in total. The molecule has 2 atom stereocenters. The summed E-state index contributed by atoms with van der Waals surface area (Å²) in [6.07, 6.45) is 2.59. The maximum Gasteiger partial charge on any atom is 0.254 e. The van der Waals surface area contributed by atoms with E-state index in [0.29, 0.717) is 17.2 Å². The van der Waals surface area contributed by atoms with E-state index in [1.165, 1.54) is 6.20 Å². The number of ether oxygens (including phenoxy) is 1. The predicted octanol–water partition coefficient (Wildman–Crippen LogP) is 1.71. The van der Waals surface area contributed by atoms with Crippen molar-refractivity contribution in [1.82, 2.24) is 10.3 Å². The Morgan fingerprint density at radius 3 is 3.00 bits per heavy atom. The number of nitrogens with one attached hydrogen (secondary N) is 1. The maximum absolute atomic E-state index is 11.7. The van der Waals surface area contributed by atoms with Crippen LogP contribution in [0.3, 0.4) is 0 Å². The number of amides is 1. The zero-order valence-electron chi connectivity index (χ0n) is 12.0. The van der Waals surface area contributed by atoms with Gasteiger partial charge in [0.15, 0.2) is 0 Å². The van der Waals surface area contributed by atoms with Crippen molar-refractivity contribution < 1.29 is 9.53 Å². The van der Waals surface area contributed by atoms with Crippen LogP contribution >= 0.6 is 0 Å². The molecule has 1 aliphatic heterocycles. The monoisotopic (exact) mass is 285 g/mol. The third-order valence-electron chi connectivity index (χ3n) is 4.02. The van der Waals surface area contributed by atoms with Crippen molar-refractivity contribution in [2.24, 2.45) is 11.7 Å². The molecule has 0 spiro atoms. The summed E-state index contributed by atoms with van der Waals surface area (Å²) in [6.45, 7) is 3.94. The van der Waals surface area contributed by atoms with Crippen LogP contribution < -0.4 is 15.8 Å². The van der Waals surface area contributed by atoms with Crippen LogP contribution in [0.25, 0.3) is 10.9 Å². The Kier molecular flexibility index (Phi) is 3.75. The molecule has 21 heavy (non-hydrogen) atoms. The second-order valence-corrected chi connectivity index (χ2v) is 5.51. The summed E-state index contributed by atoms with van der Waals surface area (Å²) in [6, 6.07) is 7.62. The Morgan fingerprint density at radius 2 is 2.24 bits per heavy atom. The van der Waals surface area contributed by atoms with Gasteiger partial charge in [0.1, 0.15) is 17.4 Å². The van der Waals surface area contributed by atoms with Gasteiger partial charge in [-0.1, -0.05) is 19.1 Å². The number of carbonyl (C=O) groups excluding carboxylic acids is 1. The fourth-order valence-corrected chi connectivity index (χ4v) is 2.69. The highest BCUT2D eigenvalue weighted by molar-refractivity contribution is 6.01. The molecule has 1 aromatic carbocycles. The molecule has 3 rings (SSSR count). The minimum atomic E-state index is -0.514. The van der Waals surface area contributed by atoms with Crippen molar-refractivity contribution in [3.8, 4) is 5.75 Å². The second kappa shape index (κ2) is 5.69. The summed E-state index contributed by atoms with van der Waals surface area (Å²) in [5, 5.41) is 4.15. The molecule has 0 aliphatic carbocycles. The van der Waals surface area contributed by atoms with E-state index in [4.69, 9.17) is 10.5 Å². The first-order chi connectivity index (χ1) is 10.2.